The van der Waals surface area contributed by atoms with Crippen LogP contribution in [0.4, 0.5) is 0 Å². The van der Waals surface area contributed by atoms with Crippen molar-refractivity contribution in [3.8, 4) is 0 Å². The Morgan fingerprint density at radius 3 is 2.33 bits per heavy atom. The van der Waals surface area contributed by atoms with Crippen LogP contribution < -0.4 is 0 Å². The molecule has 0 radical (unpaired) electrons. The zero-order chi connectivity index (χ0) is 13.1. The highest BCUT2D eigenvalue weighted by Gasteiger charge is 2.22. The Kier molecular flexibility index (Phi) is 4.30. The van der Waals surface area contributed by atoms with Gasteiger partial charge in [0, 0.05) is 30.1 Å². The standard InChI is InChI=1S/C14H19NO2S/c1-10-7-15(8-11(2)18-10)9-12-3-5-13(6-4-12)14(16)17/h3-6,10-11H,7-9H2,1-2H3,(H,16,17). The van der Waals surface area contributed by atoms with Crippen molar-refractivity contribution in [1.29, 1.82) is 0 Å². The molecule has 1 aromatic rings. The first-order valence-electron chi connectivity index (χ1n) is 6.24. The topological polar surface area (TPSA) is 40.5 Å². The molecule has 18 heavy (non-hydrogen) atoms. The Morgan fingerprint density at radius 1 is 1.28 bits per heavy atom. The van der Waals surface area contributed by atoms with Gasteiger partial charge in [-0.25, -0.2) is 4.79 Å². The number of thioether (sulfide) groups is 1. The van der Waals surface area contributed by atoms with Gasteiger partial charge in [-0.3, -0.25) is 4.90 Å². The van der Waals surface area contributed by atoms with E-state index in [1.165, 1.54) is 5.56 Å². The van der Waals surface area contributed by atoms with Crippen LogP contribution in [0.2, 0.25) is 0 Å². The highest BCUT2D eigenvalue weighted by atomic mass is 32.2. The molecule has 0 amide bonds. The fourth-order valence-electron chi connectivity index (χ4n) is 2.42. The second kappa shape index (κ2) is 5.76. The predicted octanol–water partition coefficient (Wildman–Crippen LogP) is 2.71. The van der Waals surface area contributed by atoms with Crippen molar-refractivity contribution < 1.29 is 9.90 Å². The van der Waals surface area contributed by atoms with Crippen LogP contribution in [0.3, 0.4) is 0 Å². The van der Waals surface area contributed by atoms with Gasteiger partial charge in [0.25, 0.3) is 0 Å². The monoisotopic (exact) mass is 265 g/mol. The van der Waals surface area contributed by atoms with E-state index in [1.54, 1.807) is 12.1 Å². The highest BCUT2D eigenvalue weighted by Crippen LogP contribution is 2.25. The second-order valence-corrected chi connectivity index (χ2v) is 6.84. The number of benzene rings is 1. The van der Waals surface area contributed by atoms with Gasteiger partial charge in [0.05, 0.1) is 5.56 Å². The minimum atomic E-state index is -0.863. The quantitative estimate of drug-likeness (QED) is 0.912. The van der Waals surface area contributed by atoms with Gasteiger partial charge in [0.2, 0.25) is 0 Å². The molecule has 1 heterocycles. The van der Waals surface area contributed by atoms with Crippen molar-refractivity contribution in [1.82, 2.24) is 4.90 Å². The summed E-state index contributed by atoms with van der Waals surface area (Å²) in [7, 11) is 0. The van der Waals surface area contributed by atoms with Crippen molar-refractivity contribution in [2.24, 2.45) is 0 Å². The lowest BCUT2D eigenvalue weighted by Crippen LogP contribution is -2.39. The Labute approximate surface area is 112 Å². The molecular formula is C14H19NO2S. The average Bonchev–Trinajstić information content (AvgIpc) is 2.28. The van der Waals surface area contributed by atoms with Crippen LogP contribution in [0, 0.1) is 0 Å². The van der Waals surface area contributed by atoms with E-state index in [4.69, 9.17) is 5.11 Å². The largest absolute Gasteiger partial charge is 0.478 e. The Hall–Kier alpha value is -1.00. The number of carbonyl (C=O) groups is 1. The molecule has 2 unspecified atom stereocenters. The number of rotatable bonds is 3. The first-order chi connectivity index (χ1) is 8.54. The van der Waals surface area contributed by atoms with Crippen LogP contribution in [0.5, 0.6) is 0 Å². The normalized spacial score (nSPS) is 25.0. The van der Waals surface area contributed by atoms with E-state index in [-0.39, 0.29) is 0 Å². The smallest absolute Gasteiger partial charge is 0.335 e. The van der Waals surface area contributed by atoms with Gasteiger partial charge in [-0.1, -0.05) is 26.0 Å². The van der Waals surface area contributed by atoms with Crippen molar-refractivity contribution in [3.63, 3.8) is 0 Å². The highest BCUT2D eigenvalue weighted by molar-refractivity contribution is 8.00. The van der Waals surface area contributed by atoms with Crippen LogP contribution in [-0.2, 0) is 6.54 Å². The third-order valence-corrected chi connectivity index (χ3v) is 4.33. The van der Waals surface area contributed by atoms with Crippen LogP contribution in [-0.4, -0.2) is 39.6 Å². The number of aromatic carboxylic acids is 1. The van der Waals surface area contributed by atoms with Gasteiger partial charge in [0.15, 0.2) is 0 Å². The minimum Gasteiger partial charge on any atom is -0.478 e. The van der Waals surface area contributed by atoms with Crippen LogP contribution in [0.25, 0.3) is 0 Å². The molecule has 2 atom stereocenters. The van der Waals surface area contributed by atoms with E-state index in [9.17, 15) is 4.79 Å². The van der Waals surface area contributed by atoms with Crippen molar-refractivity contribution in [2.45, 2.75) is 30.9 Å². The van der Waals surface area contributed by atoms with E-state index >= 15 is 0 Å². The summed E-state index contributed by atoms with van der Waals surface area (Å²) < 4.78 is 0. The molecule has 0 saturated carbocycles. The minimum absolute atomic E-state index is 0.356. The Bertz CT molecular complexity index is 408. The zero-order valence-corrected chi connectivity index (χ0v) is 11.6. The summed E-state index contributed by atoms with van der Waals surface area (Å²) in [5.41, 5.74) is 1.54. The number of hydrogen-bond acceptors (Lipinski definition) is 3. The van der Waals surface area contributed by atoms with Gasteiger partial charge in [-0.15, -0.1) is 0 Å². The second-order valence-electron chi connectivity index (χ2n) is 4.95. The van der Waals surface area contributed by atoms with E-state index in [0.29, 0.717) is 16.1 Å². The summed E-state index contributed by atoms with van der Waals surface area (Å²) in [5, 5.41) is 10.2. The SMILES string of the molecule is CC1CN(Cc2ccc(C(=O)O)cc2)CC(C)S1. The molecule has 1 saturated heterocycles. The van der Waals surface area contributed by atoms with Gasteiger partial charge < -0.3 is 5.11 Å². The summed E-state index contributed by atoms with van der Waals surface area (Å²) in [6.07, 6.45) is 0. The predicted molar refractivity (Wildman–Crippen MR) is 75.2 cm³/mol. The Morgan fingerprint density at radius 2 is 1.83 bits per heavy atom. The van der Waals surface area contributed by atoms with E-state index in [0.717, 1.165) is 19.6 Å². The third-order valence-electron chi connectivity index (χ3n) is 3.10. The maximum Gasteiger partial charge on any atom is 0.335 e. The Balaban J connectivity index is 1.98. The summed E-state index contributed by atoms with van der Waals surface area (Å²) in [6.45, 7) is 7.65. The molecule has 1 fully saturated rings. The molecule has 2 rings (SSSR count). The fraction of sp³-hybridized carbons (Fsp3) is 0.500. The van der Waals surface area contributed by atoms with E-state index < -0.39 is 5.97 Å². The lowest BCUT2D eigenvalue weighted by Gasteiger charge is -2.34. The molecular weight excluding hydrogens is 246 g/mol. The third kappa shape index (κ3) is 3.50. The molecule has 1 aliphatic heterocycles. The molecule has 3 nitrogen and oxygen atoms in total. The summed E-state index contributed by atoms with van der Waals surface area (Å²) in [4.78, 5) is 13.2. The van der Waals surface area contributed by atoms with Gasteiger partial charge in [-0.05, 0) is 17.7 Å². The van der Waals surface area contributed by atoms with Gasteiger partial charge >= 0.3 is 5.97 Å². The van der Waals surface area contributed by atoms with Gasteiger partial charge in [-0.2, -0.15) is 11.8 Å². The maximum absolute atomic E-state index is 10.8. The van der Waals surface area contributed by atoms with Crippen molar-refractivity contribution in [3.05, 3.63) is 35.4 Å². The zero-order valence-electron chi connectivity index (χ0n) is 10.8. The average molecular weight is 265 g/mol. The number of hydrogen-bond donors (Lipinski definition) is 1. The van der Waals surface area contributed by atoms with Crippen LogP contribution >= 0.6 is 11.8 Å². The molecule has 0 aliphatic carbocycles. The first kappa shape index (κ1) is 13.4. The fourth-order valence-corrected chi connectivity index (χ4v) is 3.81. The molecule has 0 aromatic heterocycles. The molecule has 1 N–H and O–H groups in total. The van der Waals surface area contributed by atoms with Crippen LogP contribution in [0.15, 0.2) is 24.3 Å². The maximum atomic E-state index is 10.8. The molecule has 0 bridgehead atoms. The number of nitrogens with zero attached hydrogens (tertiary/aromatic N) is 1. The summed E-state index contributed by atoms with van der Waals surface area (Å²) in [6, 6.07) is 7.20. The summed E-state index contributed by atoms with van der Waals surface area (Å²) >= 11 is 2.04. The lowest BCUT2D eigenvalue weighted by atomic mass is 10.1. The number of carboxylic acid groups (broad SMARTS) is 1. The van der Waals surface area contributed by atoms with Gasteiger partial charge in [0.1, 0.15) is 0 Å². The van der Waals surface area contributed by atoms with E-state index in [1.807, 2.05) is 23.9 Å². The van der Waals surface area contributed by atoms with Crippen molar-refractivity contribution >= 4 is 17.7 Å². The molecule has 1 aromatic carbocycles. The molecule has 98 valence electrons. The lowest BCUT2D eigenvalue weighted by molar-refractivity contribution is 0.0697. The molecule has 4 heteroatoms. The number of carboxylic acids is 1. The van der Waals surface area contributed by atoms with Crippen LogP contribution in [0.1, 0.15) is 29.8 Å². The summed E-state index contributed by atoms with van der Waals surface area (Å²) in [5.74, 6) is -0.863. The molecule has 0 spiro atoms. The van der Waals surface area contributed by atoms with Crippen molar-refractivity contribution in [2.75, 3.05) is 13.1 Å². The first-order valence-corrected chi connectivity index (χ1v) is 7.19. The molecule has 1 aliphatic rings. The van der Waals surface area contributed by atoms with E-state index in [2.05, 4.69) is 18.7 Å².